The highest BCUT2D eigenvalue weighted by Gasteiger charge is 2.24. The van der Waals surface area contributed by atoms with E-state index >= 15 is 0 Å². The first-order valence-corrected chi connectivity index (χ1v) is 9.65. The zero-order valence-corrected chi connectivity index (χ0v) is 15.1. The summed E-state index contributed by atoms with van der Waals surface area (Å²) in [5.74, 6) is -0.751. The molecule has 0 aromatic heterocycles. The van der Waals surface area contributed by atoms with Gasteiger partial charge in [0, 0.05) is 23.5 Å². The molecule has 0 unspecified atom stereocenters. The number of amides is 2. The average Bonchev–Trinajstić information content (AvgIpc) is 3.00. The topological polar surface area (TPSA) is 107 Å². The van der Waals surface area contributed by atoms with Gasteiger partial charge in [0.2, 0.25) is 0 Å². The molecular weight excluding hydrogens is 380 g/mol. The number of rotatable bonds is 4. The molecule has 140 valence electrons. The predicted octanol–water partition coefficient (Wildman–Crippen LogP) is 2.92. The van der Waals surface area contributed by atoms with Gasteiger partial charge >= 0.3 is 0 Å². The van der Waals surface area contributed by atoms with Crippen molar-refractivity contribution in [3.63, 3.8) is 0 Å². The number of imide groups is 1. The summed E-state index contributed by atoms with van der Waals surface area (Å²) in [6, 6.07) is 16.3. The van der Waals surface area contributed by atoms with Crippen LogP contribution in [0.3, 0.4) is 0 Å². The van der Waals surface area contributed by atoms with Gasteiger partial charge in [0.05, 0.1) is 10.6 Å². The highest BCUT2D eigenvalue weighted by atomic mass is 32.2. The van der Waals surface area contributed by atoms with Gasteiger partial charge in [-0.3, -0.25) is 9.59 Å². The molecule has 0 atom stereocenters. The van der Waals surface area contributed by atoms with Crippen LogP contribution in [0.5, 0.6) is 0 Å². The van der Waals surface area contributed by atoms with Crippen LogP contribution in [-0.4, -0.2) is 24.8 Å². The zero-order valence-electron chi connectivity index (χ0n) is 14.3. The van der Waals surface area contributed by atoms with Crippen molar-refractivity contribution >= 4 is 49.8 Å². The maximum atomic E-state index is 11.7. The van der Waals surface area contributed by atoms with Gasteiger partial charge < -0.3 is 9.87 Å². The minimum absolute atomic E-state index is 0.267. The van der Waals surface area contributed by atoms with Crippen LogP contribution in [0.2, 0.25) is 0 Å². The van der Waals surface area contributed by atoms with Gasteiger partial charge in [-0.2, -0.15) is 0 Å². The normalized spacial score (nSPS) is 14.1. The minimum Gasteiger partial charge on any atom is -0.744 e. The third-order valence-corrected chi connectivity index (χ3v) is 5.16. The molecule has 0 bridgehead atoms. The number of hydrogen-bond donors (Lipinski definition) is 1. The fourth-order valence-electron chi connectivity index (χ4n) is 2.97. The summed E-state index contributed by atoms with van der Waals surface area (Å²) >= 11 is 0. The third-order valence-electron chi connectivity index (χ3n) is 4.32. The van der Waals surface area contributed by atoms with Gasteiger partial charge in [0.25, 0.3) is 11.8 Å². The maximum absolute atomic E-state index is 11.7. The van der Waals surface area contributed by atoms with Crippen molar-refractivity contribution < 1.29 is 22.6 Å². The van der Waals surface area contributed by atoms with E-state index in [1.165, 1.54) is 24.3 Å². The van der Waals surface area contributed by atoms with E-state index in [4.69, 9.17) is 0 Å². The van der Waals surface area contributed by atoms with Gasteiger partial charge in [-0.25, -0.2) is 13.3 Å². The lowest BCUT2D eigenvalue weighted by Crippen LogP contribution is -2.29. The van der Waals surface area contributed by atoms with E-state index in [0.717, 1.165) is 21.7 Å². The predicted molar refractivity (Wildman–Crippen MR) is 103 cm³/mol. The van der Waals surface area contributed by atoms with Crippen molar-refractivity contribution in [1.29, 1.82) is 0 Å². The Morgan fingerprint density at radius 3 is 1.96 bits per heavy atom. The largest absolute Gasteiger partial charge is 0.744 e. The van der Waals surface area contributed by atoms with Crippen molar-refractivity contribution in [1.82, 2.24) is 0 Å². The van der Waals surface area contributed by atoms with E-state index in [1.54, 1.807) is 42.5 Å². The van der Waals surface area contributed by atoms with E-state index in [0.29, 0.717) is 11.1 Å². The van der Waals surface area contributed by atoms with Crippen LogP contribution in [0.1, 0.15) is 0 Å². The van der Waals surface area contributed by atoms with E-state index in [2.05, 4.69) is 5.32 Å². The molecule has 1 N–H and O–H groups in total. The zero-order chi connectivity index (χ0) is 19.9. The minimum atomic E-state index is -4.49. The van der Waals surface area contributed by atoms with E-state index in [9.17, 15) is 22.6 Å². The van der Waals surface area contributed by atoms with Crippen molar-refractivity contribution in [2.45, 2.75) is 4.90 Å². The Bertz CT molecular complexity index is 1230. The Balaban J connectivity index is 1.56. The Kier molecular flexibility index (Phi) is 4.21. The molecule has 3 aromatic rings. The third kappa shape index (κ3) is 3.38. The SMILES string of the molecule is O=C1C=CC(=O)N1c1ccc(Nc2ccc3cc(S(=O)(=O)[O-])ccc3c2)cc1. The van der Waals surface area contributed by atoms with Crippen molar-refractivity contribution in [3.05, 3.63) is 72.8 Å². The number of nitrogens with one attached hydrogen (secondary N) is 1. The first-order valence-electron chi connectivity index (χ1n) is 8.24. The Hall–Kier alpha value is -3.49. The standard InChI is InChI=1S/C20H14N2O5S/c23-19-9-10-20(24)22(19)17-6-4-15(5-7-17)21-16-3-1-14-12-18(28(25,26)27)8-2-13(14)11-16/h1-12,21H,(H,25,26,27)/p-1. The Labute approximate surface area is 160 Å². The number of hydrogen-bond acceptors (Lipinski definition) is 6. The molecule has 0 radical (unpaired) electrons. The molecule has 0 saturated heterocycles. The van der Waals surface area contributed by atoms with Crippen LogP contribution in [-0.2, 0) is 19.7 Å². The molecule has 8 heteroatoms. The lowest BCUT2D eigenvalue weighted by molar-refractivity contribution is -0.119. The monoisotopic (exact) mass is 393 g/mol. The molecule has 0 fully saturated rings. The summed E-state index contributed by atoms with van der Waals surface area (Å²) in [7, 11) is -4.49. The highest BCUT2D eigenvalue weighted by Crippen LogP contribution is 2.26. The second-order valence-corrected chi connectivity index (χ2v) is 7.57. The highest BCUT2D eigenvalue weighted by molar-refractivity contribution is 7.85. The summed E-state index contributed by atoms with van der Waals surface area (Å²) in [6.45, 7) is 0. The molecule has 0 spiro atoms. The van der Waals surface area contributed by atoms with Gasteiger partial charge in [-0.15, -0.1) is 0 Å². The lowest BCUT2D eigenvalue weighted by atomic mass is 10.1. The Morgan fingerprint density at radius 1 is 0.750 bits per heavy atom. The number of carbonyl (C=O) groups excluding carboxylic acids is 2. The number of nitrogens with zero attached hydrogens (tertiary/aromatic N) is 1. The quantitative estimate of drug-likeness (QED) is 0.540. The smallest absolute Gasteiger partial charge is 0.258 e. The van der Waals surface area contributed by atoms with Crippen molar-refractivity contribution in [2.24, 2.45) is 0 Å². The number of benzene rings is 3. The molecule has 1 heterocycles. The van der Waals surface area contributed by atoms with Gasteiger partial charge in [0.1, 0.15) is 10.1 Å². The molecule has 1 aliphatic rings. The first-order chi connectivity index (χ1) is 13.3. The van der Waals surface area contributed by atoms with Crippen LogP contribution < -0.4 is 10.2 Å². The molecule has 0 saturated carbocycles. The maximum Gasteiger partial charge on any atom is 0.258 e. The van der Waals surface area contributed by atoms with Gasteiger partial charge in [-0.1, -0.05) is 12.1 Å². The Morgan fingerprint density at radius 2 is 1.32 bits per heavy atom. The number of carbonyl (C=O) groups is 2. The summed E-state index contributed by atoms with van der Waals surface area (Å²) in [4.78, 5) is 24.3. The average molecular weight is 393 g/mol. The second-order valence-electron chi connectivity index (χ2n) is 6.19. The van der Waals surface area contributed by atoms with E-state index in [-0.39, 0.29) is 16.7 Å². The van der Waals surface area contributed by atoms with Gasteiger partial charge in [0.15, 0.2) is 0 Å². The summed E-state index contributed by atoms with van der Waals surface area (Å²) in [6.07, 6.45) is 2.46. The molecule has 1 aliphatic heterocycles. The van der Waals surface area contributed by atoms with E-state index in [1.807, 2.05) is 6.07 Å². The molecule has 2 amide bonds. The molecule has 7 nitrogen and oxygen atoms in total. The van der Waals surface area contributed by atoms with Crippen LogP contribution >= 0.6 is 0 Å². The molecule has 28 heavy (non-hydrogen) atoms. The molecule has 0 aliphatic carbocycles. The van der Waals surface area contributed by atoms with Crippen molar-refractivity contribution in [3.8, 4) is 0 Å². The second kappa shape index (κ2) is 6.59. The van der Waals surface area contributed by atoms with E-state index < -0.39 is 10.1 Å². The number of fused-ring (bicyclic) bond motifs is 1. The fraction of sp³-hybridized carbons (Fsp3) is 0. The first kappa shape index (κ1) is 17.9. The lowest BCUT2D eigenvalue weighted by Gasteiger charge is -2.15. The number of anilines is 3. The van der Waals surface area contributed by atoms with Crippen molar-refractivity contribution in [2.75, 3.05) is 10.2 Å². The molecule has 4 rings (SSSR count). The summed E-state index contributed by atoms with van der Waals surface area (Å²) in [5.41, 5.74) is 1.98. The van der Waals surface area contributed by atoms with Crippen LogP contribution in [0.25, 0.3) is 10.8 Å². The fourth-order valence-corrected chi connectivity index (χ4v) is 3.48. The van der Waals surface area contributed by atoms with Crippen LogP contribution in [0.15, 0.2) is 77.7 Å². The van der Waals surface area contributed by atoms with Crippen LogP contribution in [0.4, 0.5) is 17.1 Å². The summed E-state index contributed by atoms with van der Waals surface area (Å²) in [5, 5.41) is 4.60. The summed E-state index contributed by atoms with van der Waals surface area (Å²) < 4.78 is 33.4. The molecule has 3 aromatic carbocycles. The van der Waals surface area contributed by atoms with Crippen LogP contribution in [0, 0.1) is 0 Å². The molecular formula is C20H13N2O5S-. The van der Waals surface area contributed by atoms with Gasteiger partial charge in [-0.05, 0) is 59.3 Å².